The smallest absolute Gasteiger partial charge is 0.255 e. The number of hydrazine groups is 2. The van der Waals surface area contributed by atoms with Gasteiger partial charge in [-0.15, -0.1) is 5.53 Å². The maximum absolute atomic E-state index is 12.8. The van der Waals surface area contributed by atoms with Crippen LogP contribution in [0, 0.1) is 0 Å². The minimum Gasteiger partial charge on any atom is -0.332 e. The highest BCUT2D eigenvalue weighted by molar-refractivity contribution is 6.43. The summed E-state index contributed by atoms with van der Waals surface area (Å²) in [6.07, 6.45) is 0.744. The molecule has 25 heavy (non-hydrogen) atoms. The number of para-hydroxylation sites is 1. The molecule has 0 bridgehead atoms. The van der Waals surface area contributed by atoms with Crippen molar-refractivity contribution in [1.29, 1.82) is 0 Å². The van der Waals surface area contributed by atoms with Gasteiger partial charge < -0.3 is 10.3 Å². The van der Waals surface area contributed by atoms with E-state index in [1.165, 1.54) is 0 Å². The fourth-order valence-corrected chi connectivity index (χ4v) is 3.49. The lowest BCUT2D eigenvalue weighted by atomic mass is 10.1. The number of rotatable bonds is 2. The number of amides is 1. The van der Waals surface area contributed by atoms with Gasteiger partial charge in [0.05, 0.1) is 39.2 Å². The minimum absolute atomic E-state index is 0.112. The van der Waals surface area contributed by atoms with Crippen LogP contribution in [0.2, 0.25) is 10.0 Å². The second-order valence-electron chi connectivity index (χ2n) is 5.91. The Morgan fingerprint density at radius 3 is 2.64 bits per heavy atom. The van der Waals surface area contributed by atoms with E-state index in [1.807, 2.05) is 35.3 Å². The first-order valence-corrected chi connectivity index (χ1v) is 8.73. The molecule has 2 heterocycles. The van der Waals surface area contributed by atoms with Crippen LogP contribution in [0.3, 0.4) is 0 Å². The van der Waals surface area contributed by atoms with E-state index in [0.717, 1.165) is 23.5 Å². The van der Waals surface area contributed by atoms with Crippen molar-refractivity contribution >= 4 is 34.8 Å². The van der Waals surface area contributed by atoms with Gasteiger partial charge >= 0.3 is 0 Å². The van der Waals surface area contributed by atoms with E-state index in [1.54, 1.807) is 23.1 Å². The summed E-state index contributed by atoms with van der Waals surface area (Å²) in [6, 6.07) is 15.2. The van der Waals surface area contributed by atoms with Crippen LogP contribution in [-0.4, -0.2) is 23.9 Å². The molecule has 0 unspecified atom stereocenters. The largest absolute Gasteiger partial charge is 0.332 e. The van der Waals surface area contributed by atoms with Crippen molar-refractivity contribution < 1.29 is 4.79 Å². The van der Waals surface area contributed by atoms with Gasteiger partial charge in [-0.3, -0.25) is 9.80 Å². The van der Waals surface area contributed by atoms with Crippen LogP contribution in [0.1, 0.15) is 16.8 Å². The second-order valence-corrected chi connectivity index (χ2v) is 6.70. The lowest BCUT2D eigenvalue weighted by molar-refractivity contribution is 0.0762. The molecule has 128 valence electrons. The standard InChI is InChI=1S/C18H16Cl2N4O/c19-14-8-4-7-13(17(14)20)18(25)23-10-9-16-15(11-23)21-22-24(16)12-5-2-1-3-6-12/h1-8,21-22H,9-11H2. The van der Waals surface area contributed by atoms with E-state index in [0.29, 0.717) is 28.7 Å². The van der Waals surface area contributed by atoms with Crippen LogP contribution in [-0.2, 0) is 0 Å². The van der Waals surface area contributed by atoms with Gasteiger partial charge in [0.1, 0.15) is 0 Å². The van der Waals surface area contributed by atoms with Crippen LogP contribution in [0.4, 0.5) is 5.69 Å². The summed E-state index contributed by atoms with van der Waals surface area (Å²) in [4.78, 5) is 14.6. The van der Waals surface area contributed by atoms with Crippen LogP contribution in [0.25, 0.3) is 0 Å². The van der Waals surface area contributed by atoms with Crippen LogP contribution in [0.5, 0.6) is 0 Å². The highest BCUT2D eigenvalue weighted by atomic mass is 35.5. The van der Waals surface area contributed by atoms with Crippen molar-refractivity contribution in [2.24, 2.45) is 0 Å². The molecule has 4 rings (SSSR count). The molecule has 1 amide bonds. The normalized spacial score (nSPS) is 16.7. The minimum atomic E-state index is -0.112. The Balaban J connectivity index is 1.56. The molecule has 0 saturated carbocycles. The Hall–Kier alpha value is -2.21. The number of benzene rings is 2. The van der Waals surface area contributed by atoms with Crippen LogP contribution >= 0.6 is 23.2 Å². The van der Waals surface area contributed by atoms with Gasteiger partial charge in [-0.05, 0) is 24.3 Å². The van der Waals surface area contributed by atoms with Crippen molar-refractivity contribution in [1.82, 2.24) is 15.9 Å². The molecule has 0 spiro atoms. The number of nitrogens with zero attached hydrogens (tertiary/aromatic N) is 2. The predicted molar refractivity (Wildman–Crippen MR) is 99.2 cm³/mol. The maximum Gasteiger partial charge on any atom is 0.255 e. The summed E-state index contributed by atoms with van der Waals surface area (Å²) in [5.41, 5.74) is 9.95. The molecule has 7 heteroatoms. The third-order valence-electron chi connectivity index (χ3n) is 4.39. The van der Waals surface area contributed by atoms with Crippen molar-refractivity contribution in [3.05, 3.63) is 75.5 Å². The summed E-state index contributed by atoms with van der Waals surface area (Å²) in [6.45, 7) is 1.11. The third kappa shape index (κ3) is 2.95. The number of nitrogens with one attached hydrogen (secondary N) is 2. The first-order chi connectivity index (χ1) is 12.1. The van der Waals surface area contributed by atoms with Gasteiger partial charge in [0.2, 0.25) is 0 Å². The summed E-state index contributed by atoms with van der Waals surface area (Å²) in [5, 5.41) is 2.71. The molecule has 0 radical (unpaired) electrons. The van der Waals surface area contributed by atoms with Crippen LogP contribution < -0.4 is 16.0 Å². The van der Waals surface area contributed by atoms with E-state index in [4.69, 9.17) is 23.2 Å². The first-order valence-electron chi connectivity index (χ1n) is 7.97. The third-order valence-corrected chi connectivity index (χ3v) is 5.21. The summed E-state index contributed by atoms with van der Waals surface area (Å²) < 4.78 is 0. The topological polar surface area (TPSA) is 47.6 Å². The molecular weight excluding hydrogens is 359 g/mol. The molecule has 0 fully saturated rings. The van der Waals surface area contributed by atoms with Crippen molar-refractivity contribution in [2.75, 3.05) is 18.1 Å². The monoisotopic (exact) mass is 374 g/mol. The fraction of sp³-hybridized carbons (Fsp3) is 0.167. The molecule has 2 aliphatic heterocycles. The number of hydrogen-bond donors (Lipinski definition) is 2. The zero-order valence-corrected chi connectivity index (χ0v) is 14.8. The summed E-state index contributed by atoms with van der Waals surface area (Å²) in [7, 11) is 0. The van der Waals surface area contributed by atoms with Gasteiger partial charge in [0, 0.05) is 13.0 Å². The van der Waals surface area contributed by atoms with E-state index >= 15 is 0 Å². The number of anilines is 1. The highest BCUT2D eigenvalue weighted by Crippen LogP contribution is 2.30. The van der Waals surface area contributed by atoms with Crippen molar-refractivity contribution in [2.45, 2.75) is 6.42 Å². The molecule has 0 aromatic heterocycles. The fourth-order valence-electron chi connectivity index (χ4n) is 3.11. The summed E-state index contributed by atoms with van der Waals surface area (Å²) in [5.74, 6) is -0.112. The molecular formula is C18H16Cl2N4O. The van der Waals surface area contributed by atoms with Gasteiger partial charge in [-0.2, -0.15) is 0 Å². The van der Waals surface area contributed by atoms with Gasteiger partial charge in [0.15, 0.2) is 0 Å². The molecule has 0 atom stereocenters. The first kappa shape index (κ1) is 16.3. The number of halogens is 2. The number of hydrogen-bond acceptors (Lipinski definition) is 4. The SMILES string of the molecule is O=C(c1cccc(Cl)c1Cl)N1CCC2=C(C1)NNN2c1ccccc1. The second kappa shape index (κ2) is 6.59. The lowest BCUT2D eigenvalue weighted by Crippen LogP contribution is -2.39. The molecule has 5 nitrogen and oxygen atoms in total. The number of carbonyl (C=O) groups is 1. The van der Waals surface area contributed by atoms with E-state index < -0.39 is 0 Å². The van der Waals surface area contributed by atoms with Crippen molar-refractivity contribution in [3.63, 3.8) is 0 Å². The molecule has 0 aliphatic carbocycles. The lowest BCUT2D eigenvalue weighted by Gasteiger charge is -2.29. The average Bonchev–Trinajstić information content (AvgIpc) is 3.07. The Kier molecular flexibility index (Phi) is 4.29. The maximum atomic E-state index is 12.8. The van der Waals surface area contributed by atoms with Crippen LogP contribution in [0.15, 0.2) is 59.9 Å². The Morgan fingerprint density at radius 1 is 1.04 bits per heavy atom. The quantitative estimate of drug-likeness (QED) is 0.843. The number of carbonyl (C=O) groups excluding carboxylic acids is 1. The van der Waals surface area contributed by atoms with Gasteiger partial charge in [-0.1, -0.05) is 47.5 Å². The molecule has 0 saturated heterocycles. The molecule has 2 aliphatic rings. The Bertz CT molecular complexity index is 853. The Morgan fingerprint density at radius 2 is 1.84 bits per heavy atom. The average molecular weight is 375 g/mol. The van der Waals surface area contributed by atoms with Gasteiger partial charge in [-0.25, -0.2) is 0 Å². The van der Waals surface area contributed by atoms with E-state index in [9.17, 15) is 4.79 Å². The van der Waals surface area contributed by atoms with E-state index in [2.05, 4.69) is 11.0 Å². The van der Waals surface area contributed by atoms with Gasteiger partial charge in [0.25, 0.3) is 5.91 Å². The van der Waals surface area contributed by atoms with Crippen molar-refractivity contribution in [3.8, 4) is 0 Å². The zero-order chi connectivity index (χ0) is 17.4. The molecule has 2 N–H and O–H groups in total. The van der Waals surface area contributed by atoms with E-state index in [-0.39, 0.29) is 5.91 Å². The predicted octanol–water partition coefficient (Wildman–Crippen LogP) is 3.58. The summed E-state index contributed by atoms with van der Waals surface area (Å²) >= 11 is 12.2. The zero-order valence-electron chi connectivity index (χ0n) is 13.3. The Labute approximate surface area is 155 Å². The highest BCUT2D eigenvalue weighted by Gasteiger charge is 2.31. The molecule has 2 aromatic rings. The molecule has 2 aromatic carbocycles.